The number of likely N-dealkylation sites (tertiary alicyclic amines) is 1. The molecule has 6 rings (SSSR count). The number of rotatable bonds is 6. The summed E-state index contributed by atoms with van der Waals surface area (Å²) >= 11 is 6.48. The van der Waals surface area contributed by atoms with Gasteiger partial charge in [0.25, 0.3) is 0 Å². The lowest BCUT2D eigenvalue weighted by atomic mass is 9.74. The van der Waals surface area contributed by atoms with Gasteiger partial charge in [0.2, 0.25) is 17.7 Å². The average Bonchev–Trinajstić information content (AvgIpc) is 3.56. The third kappa shape index (κ3) is 4.45. The molecule has 2 aromatic rings. The van der Waals surface area contributed by atoms with Gasteiger partial charge in [0.05, 0.1) is 17.9 Å². The number of carbonyl (C=O) groups excluding carboxylic acids is 3. The van der Waals surface area contributed by atoms with Crippen molar-refractivity contribution in [3.8, 4) is 0 Å². The Morgan fingerprint density at radius 3 is 2.56 bits per heavy atom. The second-order valence-electron chi connectivity index (χ2n) is 11.4. The van der Waals surface area contributed by atoms with Crippen LogP contribution in [0.5, 0.6) is 0 Å². The molecular formula is C31H34ClN3O4. The molecule has 2 saturated heterocycles. The van der Waals surface area contributed by atoms with Crippen LogP contribution in [0.1, 0.15) is 48.8 Å². The van der Waals surface area contributed by atoms with Gasteiger partial charge in [0.1, 0.15) is 11.6 Å². The van der Waals surface area contributed by atoms with Crippen LogP contribution >= 0.6 is 11.6 Å². The van der Waals surface area contributed by atoms with Crippen molar-refractivity contribution in [3.05, 3.63) is 76.3 Å². The van der Waals surface area contributed by atoms with E-state index in [0.717, 1.165) is 42.4 Å². The van der Waals surface area contributed by atoms with E-state index in [-0.39, 0.29) is 30.3 Å². The molecule has 7 nitrogen and oxygen atoms in total. The van der Waals surface area contributed by atoms with Crippen LogP contribution in [-0.2, 0) is 25.7 Å². The van der Waals surface area contributed by atoms with E-state index in [4.69, 9.17) is 16.3 Å². The molecule has 3 aliphatic heterocycles. The molecule has 3 heterocycles. The van der Waals surface area contributed by atoms with Crippen molar-refractivity contribution in [2.45, 2.75) is 76.3 Å². The lowest BCUT2D eigenvalue weighted by Gasteiger charge is -2.34. The van der Waals surface area contributed by atoms with Crippen LogP contribution in [-0.4, -0.2) is 46.4 Å². The van der Waals surface area contributed by atoms with Gasteiger partial charge in [-0.05, 0) is 61.6 Å². The zero-order valence-corrected chi connectivity index (χ0v) is 23.0. The van der Waals surface area contributed by atoms with Gasteiger partial charge in [0.15, 0.2) is 0 Å². The molecule has 1 aliphatic carbocycles. The quantitative estimate of drug-likeness (QED) is 0.513. The molecule has 0 aromatic heterocycles. The lowest BCUT2D eigenvalue weighted by Crippen LogP contribution is -2.56. The first-order valence-electron chi connectivity index (χ1n) is 13.9. The van der Waals surface area contributed by atoms with Gasteiger partial charge in [-0.15, -0.1) is 0 Å². The summed E-state index contributed by atoms with van der Waals surface area (Å²) < 4.78 is 6.46. The zero-order chi connectivity index (χ0) is 27.3. The van der Waals surface area contributed by atoms with Crippen molar-refractivity contribution in [1.82, 2.24) is 10.2 Å². The largest absolute Gasteiger partial charge is 0.359 e. The minimum absolute atomic E-state index is 0.0745. The predicted octanol–water partition coefficient (Wildman–Crippen LogP) is 4.70. The molecule has 8 heteroatoms. The van der Waals surface area contributed by atoms with Gasteiger partial charge in [-0.1, -0.05) is 67.3 Å². The van der Waals surface area contributed by atoms with Crippen LogP contribution in [0.3, 0.4) is 0 Å². The first-order chi connectivity index (χ1) is 18.8. The van der Waals surface area contributed by atoms with E-state index in [9.17, 15) is 14.4 Å². The number of halogens is 1. The Kier molecular flexibility index (Phi) is 6.76. The van der Waals surface area contributed by atoms with E-state index in [1.807, 2.05) is 62.4 Å². The topological polar surface area (TPSA) is 87.7 Å². The number of nitrogens with one attached hydrogen (secondary N) is 2. The summed E-state index contributed by atoms with van der Waals surface area (Å²) in [6.45, 7) is 4.17. The van der Waals surface area contributed by atoms with Gasteiger partial charge in [0, 0.05) is 23.3 Å². The van der Waals surface area contributed by atoms with Crippen molar-refractivity contribution in [1.29, 1.82) is 0 Å². The summed E-state index contributed by atoms with van der Waals surface area (Å²) in [5.41, 5.74) is 2.41. The Balaban J connectivity index is 1.33. The molecule has 4 aliphatic rings. The number of ether oxygens (including phenoxy) is 1. The van der Waals surface area contributed by atoms with E-state index < -0.39 is 29.6 Å². The van der Waals surface area contributed by atoms with Crippen molar-refractivity contribution in [2.24, 2.45) is 11.8 Å². The molecule has 39 heavy (non-hydrogen) atoms. The van der Waals surface area contributed by atoms with Crippen molar-refractivity contribution in [3.63, 3.8) is 0 Å². The Hall–Kier alpha value is -3.16. The number of aryl methyl sites for hydroxylation is 2. The fraction of sp³-hybridized carbons (Fsp3) is 0.452. The minimum Gasteiger partial charge on any atom is -0.359 e. The number of anilines is 1. The second kappa shape index (κ2) is 10.1. The summed E-state index contributed by atoms with van der Waals surface area (Å²) in [4.78, 5) is 43.4. The molecule has 2 aromatic carbocycles. The number of hydrogen-bond acceptors (Lipinski definition) is 4. The monoisotopic (exact) mass is 547 g/mol. The Bertz CT molecular complexity index is 1350. The van der Waals surface area contributed by atoms with Crippen LogP contribution in [0.25, 0.3) is 0 Å². The van der Waals surface area contributed by atoms with Gasteiger partial charge in [-0.25, -0.2) is 0 Å². The third-order valence-electron chi connectivity index (χ3n) is 8.95. The van der Waals surface area contributed by atoms with Crippen LogP contribution in [0, 0.1) is 25.7 Å². The van der Waals surface area contributed by atoms with Crippen LogP contribution in [0.2, 0.25) is 5.02 Å². The first-order valence-corrected chi connectivity index (χ1v) is 14.3. The highest BCUT2D eigenvalue weighted by Gasteiger charge is 2.72. The molecule has 2 N–H and O–H groups in total. The summed E-state index contributed by atoms with van der Waals surface area (Å²) in [7, 11) is 0. The molecule has 3 amide bonds. The van der Waals surface area contributed by atoms with E-state index in [0.29, 0.717) is 10.7 Å². The van der Waals surface area contributed by atoms with Crippen LogP contribution in [0.4, 0.5) is 5.69 Å². The summed E-state index contributed by atoms with van der Waals surface area (Å²) in [6.07, 6.45) is 8.28. The van der Waals surface area contributed by atoms with E-state index in [1.165, 1.54) is 6.42 Å². The van der Waals surface area contributed by atoms with Gasteiger partial charge in [-0.3, -0.25) is 14.4 Å². The predicted molar refractivity (Wildman–Crippen MR) is 149 cm³/mol. The Morgan fingerprint density at radius 1 is 1.05 bits per heavy atom. The van der Waals surface area contributed by atoms with Crippen molar-refractivity contribution in [2.75, 3.05) is 5.32 Å². The standard InChI is InChI=1S/C31H34ClN3O4/c1-18-12-13-22(16-19(18)2)34-28(36)25-24-14-15-31(39-24)26(25)30(38)35(17-20-8-6-7-11-23(20)32)27(31)29(37)33-21-9-4-3-5-10-21/h6-8,11-16,21,24-27H,3-5,9-10,17H2,1-2H3,(H,33,37)(H,34,36)/t24-,25-,26-,27-,31-/m0/s1. The molecule has 1 spiro atoms. The van der Waals surface area contributed by atoms with Crippen LogP contribution in [0.15, 0.2) is 54.6 Å². The maximum Gasteiger partial charge on any atom is 0.246 e. The molecule has 2 bridgehead atoms. The summed E-state index contributed by atoms with van der Waals surface area (Å²) in [6, 6.07) is 12.2. The van der Waals surface area contributed by atoms with Crippen LogP contribution < -0.4 is 10.6 Å². The molecule has 0 unspecified atom stereocenters. The number of amides is 3. The minimum atomic E-state index is -1.20. The maximum absolute atomic E-state index is 14.2. The average molecular weight is 548 g/mol. The van der Waals surface area contributed by atoms with Crippen molar-refractivity contribution < 1.29 is 19.1 Å². The summed E-state index contributed by atoms with van der Waals surface area (Å²) in [5.74, 6) is -2.32. The van der Waals surface area contributed by atoms with E-state index in [1.54, 1.807) is 11.0 Å². The smallest absolute Gasteiger partial charge is 0.246 e. The second-order valence-corrected chi connectivity index (χ2v) is 11.8. The van der Waals surface area contributed by atoms with Gasteiger partial charge in [-0.2, -0.15) is 0 Å². The lowest BCUT2D eigenvalue weighted by molar-refractivity contribution is -0.142. The summed E-state index contributed by atoms with van der Waals surface area (Å²) in [5, 5.41) is 6.75. The number of nitrogens with zero attached hydrogens (tertiary/aromatic N) is 1. The highest BCUT2D eigenvalue weighted by molar-refractivity contribution is 6.31. The number of fused-ring (bicyclic) bond motifs is 1. The molecular weight excluding hydrogens is 514 g/mol. The highest BCUT2D eigenvalue weighted by Crippen LogP contribution is 2.55. The normalized spacial score (nSPS) is 29.5. The Labute approximate surface area is 233 Å². The molecule has 3 fully saturated rings. The number of carbonyl (C=O) groups is 3. The van der Waals surface area contributed by atoms with Gasteiger partial charge < -0.3 is 20.3 Å². The number of benzene rings is 2. The fourth-order valence-corrected chi connectivity index (χ4v) is 7.02. The van der Waals surface area contributed by atoms with E-state index in [2.05, 4.69) is 10.6 Å². The highest BCUT2D eigenvalue weighted by atomic mass is 35.5. The molecule has 1 saturated carbocycles. The zero-order valence-electron chi connectivity index (χ0n) is 22.3. The number of hydrogen-bond donors (Lipinski definition) is 2. The van der Waals surface area contributed by atoms with E-state index >= 15 is 0 Å². The SMILES string of the molecule is Cc1ccc(NC(=O)[C@H]2[C@@H]3C=C[C@]4(O3)[C@@H]2C(=O)N(Cc2ccccc2Cl)[C@H]4C(=O)NC2CCCCC2)cc1C. The molecule has 204 valence electrons. The van der Waals surface area contributed by atoms with Crippen molar-refractivity contribution >= 4 is 35.0 Å². The van der Waals surface area contributed by atoms with Gasteiger partial charge >= 0.3 is 0 Å². The first kappa shape index (κ1) is 26.1. The maximum atomic E-state index is 14.2. The Morgan fingerprint density at radius 2 is 1.82 bits per heavy atom. The molecule has 0 radical (unpaired) electrons. The molecule has 5 atom stereocenters. The fourth-order valence-electron chi connectivity index (χ4n) is 6.82. The third-order valence-corrected chi connectivity index (χ3v) is 9.32.